The minimum atomic E-state index is -0.392. The van der Waals surface area contributed by atoms with E-state index in [1.165, 1.54) is 11.3 Å². The molecular weight excluding hydrogens is 230 g/mol. The van der Waals surface area contributed by atoms with Crippen molar-refractivity contribution in [3.8, 4) is 0 Å². The summed E-state index contributed by atoms with van der Waals surface area (Å²) in [4.78, 5) is 12.6. The van der Waals surface area contributed by atoms with E-state index < -0.39 is 5.54 Å². The molecule has 0 bridgehead atoms. The van der Waals surface area contributed by atoms with Gasteiger partial charge in [0.1, 0.15) is 0 Å². The third kappa shape index (κ3) is 3.21. The number of alkyl halides is 1. The van der Waals surface area contributed by atoms with E-state index in [4.69, 9.17) is 11.6 Å². The molecule has 0 spiro atoms. The fourth-order valence-electron chi connectivity index (χ4n) is 1.00. The molecule has 0 aromatic carbocycles. The average molecular weight is 246 g/mol. The predicted molar refractivity (Wildman–Crippen MR) is 65.9 cm³/mol. The Morgan fingerprint density at radius 3 is 2.60 bits per heavy atom. The summed E-state index contributed by atoms with van der Waals surface area (Å²) >= 11 is 7.45. The van der Waals surface area contributed by atoms with Crippen LogP contribution in [0.15, 0.2) is 11.4 Å². The summed E-state index contributed by atoms with van der Waals surface area (Å²) in [6, 6.07) is 1.88. The zero-order valence-corrected chi connectivity index (χ0v) is 11.0. The van der Waals surface area contributed by atoms with Crippen molar-refractivity contribution in [1.29, 1.82) is 0 Å². The predicted octanol–water partition coefficient (Wildman–Crippen LogP) is 3.19. The topological polar surface area (TPSA) is 29.1 Å². The zero-order chi connectivity index (χ0) is 11.6. The maximum absolute atomic E-state index is 11.8. The normalized spacial score (nSPS) is 13.7. The summed E-state index contributed by atoms with van der Waals surface area (Å²) in [5.41, 5.74) is 0.721. The third-order valence-electron chi connectivity index (χ3n) is 2.38. The molecule has 2 nitrogen and oxygen atoms in total. The molecule has 0 aliphatic rings. The fraction of sp³-hybridized carbons (Fsp3) is 0.545. The van der Waals surface area contributed by atoms with Crippen LogP contribution in [0.3, 0.4) is 0 Å². The lowest BCUT2D eigenvalue weighted by Gasteiger charge is -2.28. The molecule has 1 rings (SSSR count). The summed E-state index contributed by atoms with van der Waals surface area (Å²) in [7, 11) is 0. The van der Waals surface area contributed by atoms with Crippen LogP contribution in [-0.2, 0) is 0 Å². The quantitative estimate of drug-likeness (QED) is 0.815. The number of amides is 1. The van der Waals surface area contributed by atoms with Gasteiger partial charge < -0.3 is 5.32 Å². The van der Waals surface area contributed by atoms with E-state index in [2.05, 4.69) is 5.32 Å². The second kappa shape index (κ2) is 4.54. The molecule has 1 heterocycles. The Labute approximate surface area is 99.6 Å². The number of carbonyl (C=O) groups is 1. The Morgan fingerprint density at radius 1 is 1.60 bits per heavy atom. The molecule has 1 amide bonds. The van der Waals surface area contributed by atoms with Gasteiger partial charge in [-0.3, -0.25) is 4.79 Å². The first-order chi connectivity index (χ1) is 6.83. The molecule has 0 aliphatic heterocycles. The lowest BCUT2D eigenvalue weighted by atomic mass is 10.0. The van der Waals surface area contributed by atoms with Crippen molar-refractivity contribution in [1.82, 2.24) is 5.32 Å². The van der Waals surface area contributed by atoms with Gasteiger partial charge in [0.25, 0.3) is 5.91 Å². The van der Waals surface area contributed by atoms with Crippen LogP contribution in [0.1, 0.15) is 36.0 Å². The number of aryl methyl sites for hydroxylation is 1. The standard InChI is InChI=1S/C11H16ClNOS/c1-7-5-9(15-6-7)10(14)13-11(3,4)8(2)12/h5-6,8H,1-4H3,(H,13,14). The number of hydrogen-bond acceptors (Lipinski definition) is 2. The number of thiophene rings is 1. The first-order valence-corrected chi connectivity index (χ1v) is 6.16. The van der Waals surface area contributed by atoms with Gasteiger partial charge in [-0.15, -0.1) is 22.9 Å². The zero-order valence-electron chi connectivity index (χ0n) is 9.43. The van der Waals surface area contributed by atoms with E-state index in [-0.39, 0.29) is 11.3 Å². The summed E-state index contributed by atoms with van der Waals surface area (Å²) in [6.45, 7) is 7.69. The maximum atomic E-state index is 11.8. The second-order valence-electron chi connectivity index (χ2n) is 4.28. The van der Waals surface area contributed by atoms with Crippen LogP contribution < -0.4 is 5.32 Å². The van der Waals surface area contributed by atoms with Crippen LogP contribution >= 0.6 is 22.9 Å². The highest BCUT2D eigenvalue weighted by atomic mass is 35.5. The van der Waals surface area contributed by atoms with E-state index in [0.717, 1.165) is 10.4 Å². The molecular formula is C11H16ClNOS. The number of halogens is 1. The van der Waals surface area contributed by atoms with Crippen molar-refractivity contribution in [2.24, 2.45) is 0 Å². The highest BCUT2D eigenvalue weighted by molar-refractivity contribution is 7.12. The highest BCUT2D eigenvalue weighted by Gasteiger charge is 2.26. The SMILES string of the molecule is Cc1csc(C(=O)NC(C)(C)C(C)Cl)c1. The second-order valence-corrected chi connectivity index (χ2v) is 5.85. The molecule has 4 heteroatoms. The molecule has 0 radical (unpaired) electrons. The lowest BCUT2D eigenvalue weighted by Crippen LogP contribution is -2.48. The van der Waals surface area contributed by atoms with Gasteiger partial charge in [-0.1, -0.05) is 0 Å². The van der Waals surface area contributed by atoms with Gasteiger partial charge in [0, 0.05) is 0 Å². The van der Waals surface area contributed by atoms with E-state index in [0.29, 0.717) is 0 Å². The van der Waals surface area contributed by atoms with Crippen molar-refractivity contribution in [3.05, 3.63) is 21.9 Å². The smallest absolute Gasteiger partial charge is 0.261 e. The van der Waals surface area contributed by atoms with Crippen molar-refractivity contribution >= 4 is 28.8 Å². The molecule has 0 saturated carbocycles. The molecule has 1 N–H and O–H groups in total. The number of carbonyl (C=O) groups excluding carboxylic acids is 1. The first-order valence-electron chi connectivity index (χ1n) is 4.84. The van der Waals surface area contributed by atoms with Gasteiger partial charge in [0.05, 0.1) is 15.8 Å². The Kier molecular flexibility index (Phi) is 3.79. The van der Waals surface area contributed by atoms with Crippen LogP contribution in [0.5, 0.6) is 0 Å². The van der Waals surface area contributed by atoms with Crippen molar-refractivity contribution in [3.63, 3.8) is 0 Å². The third-order valence-corrected chi connectivity index (χ3v) is 3.98. The maximum Gasteiger partial charge on any atom is 0.261 e. The summed E-state index contributed by atoms with van der Waals surface area (Å²) in [6.07, 6.45) is 0. The van der Waals surface area contributed by atoms with Crippen LogP contribution in [0, 0.1) is 6.92 Å². The Bertz CT molecular complexity index is 357. The summed E-state index contributed by atoms with van der Waals surface area (Å²) in [5, 5.41) is 4.78. The molecule has 0 aliphatic carbocycles. The number of nitrogens with one attached hydrogen (secondary N) is 1. The lowest BCUT2D eigenvalue weighted by molar-refractivity contribution is 0.0916. The Balaban J connectivity index is 2.72. The van der Waals surface area contributed by atoms with E-state index >= 15 is 0 Å². The van der Waals surface area contributed by atoms with Crippen LogP contribution in [0.4, 0.5) is 0 Å². The number of rotatable bonds is 3. The molecule has 0 saturated heterocycles. The van der Waals surface area contributed by atoms with Crippen LogP contribution in [-0.4, -0.2) is 16.8 Å². The van der Waals surface area contributed by atoms with Gasteiger partial charge in [0.2, 0.25) is 0 Å². The minimum Gasteiger partial charge on any atom is -0.345 e. The molecule has 1 aromatic rings. The molecule has 1 unspecified atom stereocenters. The summed E-state index contributed by atoms with van der Waals surface area (Å²) < 4.78 is 0. The average Bonchev–Trinajstić information content (AvgIpc) is 2.50. The van der Waals surface area contributed by atoms with Gasteiger partial charge >= 0.3 is 0 Å². The number of hydrogen-bond donors (Lipinski definition) is 1. The van der Waals surface area contributed by atoms with Crippen LogP contribution in [0.2, 0.25) is 0 Å². The first kappa shape index (κ1) is 12.5. The Morgan fingerprint density at radius 2 is 2.20 bits per heavy atom. The van der Waals surface area contributed by atoms with E-state index in [1.54, 1.807) is 0 Å². The van der Waals surface area contributed by atoms with Gasteiger partial charge in [0.15, 0.2) is 0 Å². The molecule has 84 valence electrons. The summed E-state index contributed by atoms with van der Waals surface area (Å²) in [5.74, 6) is -0.0504. The minimum absolute atomic E-state index is 0.0504. The molecule has 15 heavy (non-hydrogen) atoms. The van der Waals surface area contributed by atoms with Gasteiger partial charge in [-0.25, -0.2) is 0 Å². The molecule has 0 fully saturated rings. The van der Waals surface area contributed by atoms with E-state index in [9.17, 15) is 4.79 Å². The van der Waals surface area contributed by atoms with Crippen molar-refractivity contribution in [2.75, 3.05) is 0 Å². The van der Waals surface area contributed by atoms with E-state index in [1.807, 2.05) is 39.1 Å². The van der Waals surface area contributed by atoms with Crippen molar-refractivity contribution in [2.45, 2.75) is 38.6 Å². The molecule has 1 atom stereocenters. The van der Waals surface area contributed by atoms with Gasteiger partial charge in [-0.05, 0) is 44.7 Å². The Hall–Kier alpha value is -0.540. The highest BCUT2D eigenvalue weighted by Crippen LogP contribution is 2.18. The monoisotopic (exact) mass is 245 g/mol. The van der Waals surface area contributed by atoms with Gasteiger partial charge in [-0.2, -0.15) is 0 Å². The van der Waals surface area contributed by atoms with Crippen molar-refractivity contribution < 1.29 is 4.79 Å². The molecule has 1 aromatic heterocycles. The fourth-order valence-corrected chi connectivity index (χ4v) is 1.85. The largest absolute Gasteiger partial charge is 0.345 e. The van der Waals surface area contributed by atoms with Crippen LogP contribution in [0.25, 0.3) is 0 Å².